The van der Waals surface area contributed by atoms with E-state index in [9.17, 15) is 9.59 Å². The lowest BCUT2D eigenvalue weighted by molar-refractivity contribution is 0.0951. The molecule has 0 saturated heterocycles. The Labute approximate surface area is 177 Å². The topological polar surface area (TPSA) is 81.3 Å². The zero-order chi connectivity index (χ0) is 21.2. The number of fused-ring (bicyclic) bond motifs is 3. The minimum Gasteiger partial charge on any atom is -0.348 e. The van der Waals surface area contributed by atoms with Crippen LogP contribution in [0.5, 0.6) is 0 Å². The van der Waals surface area contributed by atoms with Crippen LogP contribution in [0.4, 0.5) is 0 Å². The Morgan fingerprint density at radius 2 is 1.74 bits per heavy atom. The van der Waals surface area contributed by atoms with Gasteiger partial charge >= 0.3 is 0 Å². The highest BCUT2D eigenvalue weighted by Gasteiger charge is 2.15. The molecular weight excluding hydrogens is 390 g/mol. The van der Waals surface area contributed by atoms with Crippen LogP contribution in [-0.4, -0.2) is 24.8 Å². The van der Waals surface area contributed by atoms with Crippen molar-refractivity contribution in [1.29, 1.82) is 0 Å². The van der Waals surface area contributed by atoms with Gasteiger partial charge in [-0.2, -0.15) is 0 Å². The van der Waals surface area contributed by atoms with Gasteiger partial charge in [-0.25, -0.2) is 4.98 Å². The second kappa shape index (κ2) is 7.87. The van der Waals surface area contributed by atoms with Gasteiger partial charge in [-0.1, -0.05) is 30.3 Å². The number of nitrogens with one attached hydrogen (secondary N) is 1. The summed E-state index contributed by atoms with van der Waals surface area (Å²) in [6.45, 7) is 0.785. The van der Waals surface area contributed by atoms with Crippen LogP contribution in [0.2, 0.25) is 0 Å². The normalized spacial score (nSPS) is 11.1. The van der Waals surface area contributed by atoms with E-state index in [2.05, 4.69) is 15.3 Å². The molecule has 0 fully saturated rings. The summed E-state index contributed by atoms with van der Waals surface area (Å²) in [6.07, 6.45) is 6.86. The average Bonchev–Trinajstić information content (AvgIpc) is 3.31. The predicted octanol–water partition coefficient (Wildman–Crippen LogP) is 3.02. The van der Waals surface area contributed by atoms with E-state index in [1.54, 1.807) is 41.4 Å². The number of imidazole rings is 1. The maximum Gasteiger partial charge on any atom is 0.263 e. The summed E-state index contributed by atoms with van der Waals surface area (Å²) in [6, 6.07) is 18.6. The molecule has 0 atom stereocenters. The zero-order valence-electron chi connectivity index (χ0n) is 16.6. The number of aromatic nitrogens is 4. The third kappa shape index (κ3) is 3.57. The van der Waals surface area contributed by atoms with Crippen LogP contribution < -0.4 is 10.9 Å². The molecule has 152 valence electrons. The van der Waals surface area contributed by atoms with E-state index in [1.165, 1.54) is 0 Å². The summed E-state index contributed by atoms with van der Waals surface area (Å²) >= 11 is 0. The Bertz CT molecular complexity index is 1440. The second-order valence-electron chi connectivity index (χ2n) is 7.24. The number of hydrogen-bond donors (Lipinski definition) is 1. The maximum absolute atomic E-state index is 13.4. The van der Waals surface area contributed by atoms with Gasteiger partial charge < -0.3 is 5.32 Å². The maximum atomic E-state index is 13.4. The van der Waals surface area contributed by atoms with Gasteiger partial charge in [0.2, 0.25) is 5.78 Å². The van der Waals surface area contributed by atoms with Gasteiger partial charge in [-0.15, -0.1) is 0 Å². The summed E-state index contributed by atoms with van der Waals surface area (Å²) in [4.78, 5) is 34.4. The minimum absolute atomic E-state index is 0.179. The summed E-state index contributed by atoms with van der Waals surface area (Å²) in [7, 11) is 0. The van der Waals surface area contributed by atoms with Gasteiger partial charge in [-0.05, 0) is 41.5 Å². The number of benzene rings is 2. The first-order valence-corrected chi connectivity index (χ1v) is 9.91. The van der Waals surface area contributed by atoms with Crippen LogP contribution in [0.25, 0.3) is 16.7 Å². The lowest BCUT2D eigenvalue weighted by atomic mass is 10.1. The van der Waals surface area contributed by atoms with Crippen molar-refractivity contribution in [3.63, 3.8) is 0 Å². The first-order chi connectivity index (χ1) is 15.2. The minimum atomic E-state index is -0.238. The van der Waals surface area contributed by atoms with Crippen molar-refractivity contribution in [3.8, 4) is 0 Å². The zero-order valence-corrected chi connectivity index (χ0v) is 16.6. The Kier molecular flexibility index (Phi) is 4.76. The molecule has 31 heavy (non-hydrogen) atoms. The van der Waals surface area contributed by atoms with Crippen molar-refractivity contribution < 1.29 is 4.79 Å². The van der Waals surface area contributed by atoms with Gasteiger partial charge in [0.05, 0.1) is 17.4 Å². The van der Waals surface area contributed by atoms with Crippen molar-refractivity contribution in [2.24, 2.45) is 0 Å². The fraction of sp³-hybridized carbons (Fsp3) is 0.0833. The number of nitrogens with zero attached hydrogens (tertiary/aromatic N) is 4. The summed E-state index contributed by atoms with van der Waals surface area (Å²) in [5.41, 5.74) is 2.92. The van der Waals surface area contributed by atoms with E-state index in [-0.39, 0.29) is 11.5 Å². The van der Waals surface area contributed by atoms with E-state index in [0.29, 0.717) is 35.3 Å². The molecule has 2 aromatic carbocycles. The van der Waals surface area contributed by atoms with Crippen molar-refractivity contribution in [3.05, 3.63) is 112 Å². The van der Waals surface area contributed by atoms with E-state index in [4.69, 9.17) is 0 Å². The van der Waals surface area contributed by atoms with E-state index < -0.39 is 0 Å². The monoisotopic (exact) mass is 409 g/mol. The Morgan fingerprint density at radius 1 is 0.935 bits per heavy atom. The molecule has 0 saturated carbocycles. The molecule has 3 heterocycles. The van der Waals surface area contributed by atoms with E-state index in [0.717, 1.165) is 11.1 Å². The molecule has 0 aliphatic carbocycles. The van der Waals surface area contributed by atoms with Gasteiger partial charge in [0.15, 0.2) is 0 Å². The third-order valence-electron chi connectivity index (χ3n) is 5.24. The molecule has 0 radical (unpaired) electrons. The highest BCUT2D eigenvalue weighted by molar-refractivity contribution is 5.98. The van der Waals surface area contributed by atoms with Crippen LogP contribution in [0, 0.1) is 0 Å². The number of rotatable bonds is 5. The van der Waals surface area contributed by atoms with Gasteiger partial charge in [0.25, 0.3) is 11.5 Å². The molecule has 5 aromatic rings. The van der Waals surface area contributed by atoms with Crippen LogP contribution in [0.3, 0.4) is 0 Å². The standard InChI is InChI=1S/C24H19N5O2/c30-22(27-15-17-8-10-25-11-9-17)19-6-7-21-20(14-19)23(31)29(24-26-12-13-28(21)24)16-18-4-2-1-3-5-18/h1-14H,15-16H2,(H,27,30). The van der Waals surface area contributed by atoms with Crippen LogP contribution in [0.1, 0.15) is 21.5 Å². The van der Waals surface area contributed by atoms with Gasteiger partial charge in [0, 0.05) is 36.9 Å². The molecule has 0 spiro atoms. The molecular formula is C24H19N5O2. The molecule has 7 heteroatoms. The van der Waals surface area contributed by atoms with Gasteiger partial charge in [0.1, 0.15) is 0 Å². The van der Waals surface area contributed by atoms with E-state index in [1.807, 2.05) is 53.1 Å². The lowest BCUT2D eigenvalue weighted by Crippen LogP contribution is -2.25. The molecule has 0 unspecified atom stereocenters. The van der Waals surface area contributed by atoms with E-state index >= 15 is 0 Å². The Hall–Kier alpha value is -4.26. The number of carbonyl (C=O) groups excluding carboxylic acids is 1. The number of carbonyl (C=O) groups is 1. The fourth-order valence-electron chi connectivity index (χ4n) is 3.67. The lowest BCUT2D eigenvalue weighted by Gasteiger charge is -2.12. The Morgan fingerprint density at radius 3 is 2.55 bits per heavy atom. The van der Waals surface area contributed by atoms with Crippen molar-refractivity contribution in [1.82, 2.24) is 24.3 Å². The number of pyridine rings is 1. The number of amides is 1. The molecule has 5 rings (SSSR count). The summed E-state index contributed by atoms with van der Waals surface area (Å²) < 4.78 is 3.51. The van der Waals surface area contributed by atoms with Crippen molar-refractivity contribution in [2.75, 3.05) is 0 Å². The SMILES string of the molecule is O=C(NCc1ccncc1)c1ccc2c(c1)c(=O)n(Cc1ccccc1)c1nccn21. The molecule has 7 nitrogen and oxygen atoms in total. The molecule has 1 amide bonds. The highest BCUT2D eigenvalue weighted by Crippen LogP contribution is 2.16. The fourth-order valence-corrected chi connectivity index (χ4v) is 3.67. The molecule has 0 aliphatic rings. The van der Waals surface area contributed by atoms with Crippen LogP contribution in [0.15, 0.2) is 90.2 Å². The van der Waals surface area contributed by atoms with Gasteiger partial charge in [-0.3, -0.25) is 23.5 Å². The van der Waals surface area contributed by atoms with Crippen molar-refractivity contribution >= 4 is 22.6 Å². The number of hydrogen-bond acceptors (Lipinski definition) is 4. The molecule has 3 aromatic heterocycles. The second-order valence-corrected chi connectivity index (χ2v) is 7.24. The highest BCUT2D eigenvalue weighted by atomic mass is 16.1. The smallest absolute Gasteiger partial charge is 0.263 e. The summed E-state index contributed by atoms with van der Waals surface area (Å²) in [5, 5.41) is 3.36. The first-order valence-electron chi connectivity index (χ1n) is 9.91. The first kappa shape index (κ1) is 18.7. The van der Waals surface area contributed by atoms with Crippen LogP contribution >= 0.6 is 0 Å². The Balaban J connectivity index is 1.54. The predicted molar refractivity (Wildman–Crippen MR) is 118 cm³/mol. The summed E-state index contributed by atoms with van der Waals surface area (Å²) in [5.74, 6) is 0.328. The molecule has 1 N–H and O–H groups in total. The largest absolute Gasteiger partial charge is 0.348 e. The third-order valence-corrected chi connectivity index (χ3v) is 5.24. The quantitative estimate of drug-likeness (QED) is 0.484. The molecule has 0 aliphatic heterocycles. The van der Waals surface area contributed by atoms with Crippen LogP contribution in [-0.2, 0) is 13.1 Å². The average molecular weight is 409 g/mol. The van der Waals surface area contributed by atoms with Crippen molar-refractivity contribution in [2.45, 2.75) is 13.1 Å². The molecule has 0 bridgehead atoms.